The molecule has 0 aliphatic carbocycles. The van der Waals surface area contributed by atoms with Crippen molar-refractivity contribution in [2.24, 2.45) is 5.41 Å². The van der Waals surface area contributed by atoms with Gasteiger partial charge in [0.15, 0.2) is 0 Å². The van der Waals surface area contributed by atoms with E-state index in [1.165, 1.54) is 30.9 Å². The van der Waals surface area contributed by atoms with Crippen LogP contribution >= 0.6 is 0 Å². The Balaban J connectivity index is 2.00. The molecule has 1 aromatic heterocycles. The highest BCUT2D eigenvalue weighted by Gasteiger charge is 2.33. The lowest BCUT2D eigenvalue weighted by Gasteiger charge is -2.24. The van der Waals surface area contributed by atoms with Crippen LogP contribution in [0.2, 0.25) is 0 Å². The third-order valence-electron chi connectivity index (χ3n) is 4.20. The summed E-state index contributed by atoms with van der Waals surface area (Å²) in [6, 6.07) is 2.28. The lowest BCUT2D eigenvalue weighted by atomic mass is 9.90. The van der Waals surface area contributed by atoms with Gasteiger partial charge in [-0.25, -0.2) is 0 Å². The zero-order chi connectivity index (χ0) is 13.9. The monoisotopic (exact) mass is 264 g/mol. The van der Waals surface area contributed by atoms with Gasteiger partial charge in [0.05, 0.1) is 11.4 Å². The van der Waals surface area contributed by atoms with Crippen molar-refractivity contribution in [1.29, 1.82) is 0 Å². The van der Waals surface area contributed by atoms with Crippen LogP contribution in [-0.4, -0.2) is 41.4 Å². The first-order chi connectivity index (χ1) is 9.10. The van der Waals surface area contributed by atoms with Crippen LogP contribution in [0.4, 0.5) is 0 Å². The highest BCUT2D eigenvalue weighted by molar-refractivity contribution is 5.11. The first kappa shape index (κ1) is 14.5. The molecule has 0 aromatic carbocycles. The van der Waals surface area contributed by atoms with Gasteiger partial charge in [-0.2, -0.15) is 5.10 Å². The summed E-state index contributed by atoms with van der Waals surface area (Å²) in [5.74, 6) is 0. The van der Waals surface area contributed by atoms with Crippen LogP contribution in [0.1, 0.15) is 38.6 Å². The fourth-order valence-corrected chi connectivity index (χ4v) is 3.15. The maximum atomic E-state index is 4.64. The number of hydrogen-bond donors (Lipinski definition) is 1. The number of likely N-dealkylation sites (tertiary alicyclic amines) is 1. The number of nitrogens with zero attached hydrogens (tertiary/aromatic N) is 3. The molecule has 4 heteroatoms. The Morgan fingerprint density at radius 1 is 1.42 bits per heavy atom. The second-order valence-corrected chi connectivity index (χ2v) is 6.10. The zero-order valence-electron chi connectivity index (χ0n) is 12.9. The molecule has 1 fully saturated rings. The van der Waals surface area contributed by atoms with Crippen LogP contribution in [-0.2, 0) is 19.5 Å². The summed E-state index contributed by atoms with van der Waals surface area (Å²) in [7, 11) is 2.05. The summed E-state index contributed by atoms with van der Waals surface area (Å²) in [6.45, 7) is 12.2. The third-order valence-corrected chi connectivity index (χ3v) is 4.20. The van der Waals surface area contributed by atoms with Crippen LogP contribution in [0.15, 0.2) is 6.07 Å². The SMILES string of the molecule is CCc1cc(CN2CCC(C)(CNC)C2)n(CC)n1. The summed E-state index contributed by atoms with van der Waals surface area (Å²) in [4.78, 5) is 2.57. The molecule has 108 valence electrons. The molecule has 19 heavy (non-hydrogen) atoms. The Morgan fingerprint density at radius 2 is 2.21 bits per heavy atom. The van der Waals surface area contributed by atoms with Crippen molar-refractivity contribution in [2.45, 2.75) is 46.7 Å². The van der Waals surface area contributed by atoms with E-state index in [-0.39, 0.29) is 0 Å². The molecule has 1 aliphatic rings. The summed E-state index contributed by atoms with van der Waals surface area (Å²) < 4.78 is 2.16. The maximum absolute atomic E-state index is 4.64. The average Bonchev–Trinajstić information content (AvgIpc) is 2.94. The first-order valence-corrected chi connectivity index (χ1v) is 7.53. The number of hydrogen-bond acceptors (Lipinski definition) is 3. The van der Waals surface area contributed by atoms with Crippen molar-refractivity contribution in [2.75, 3.05) is 26.7 Å². The molecular weight excluding hydrogens is 236 g/mol. The van der Waals surface area contributed by atoms with Gasteiger partial charge in [-0.3, -0.25) is 9.58 Å². The van der Waals surface area contributed by atoms with Crippen LogP contribution in [0.3, 0.4) is 0 Å². The normalized spacial score (nSPS) is 24.2. The van der Waals surface area contributed by atoms with E-state index >= 15 is 0 Å². The highest BCUT2D eigenvalue weighted by Crippen LogP contribution is 2.30. The molecule has 0 saturated carbocycles. The van der Waals surface area contributed by atoms with Crippen molar-refractivity contribution in [3.63, 3.8) is 0 Å². The quantitative estimate of drug-likeness (QED) is 0.852. The predicted octanol–water partition coefficient (Wildman–Crippen LogP) is 1.90. The van der Waals surface area contributed by atoms with E-state index in [0.717, 1.165) is 26.1 Å². The molecule has 1 atom stereocenters. The van der Waals surface area contributed by atoms with E-state index in [0.29, 0.717) is 5.41 Å². The van der Waals surface area contributed by atoms with E-state index in [2.05, 4.69) is 46.8 Å². The van der Waals surface area contributed by atoms with Crippen molar-refractivity contribution in [1.82, 2.24) is 20.0 Å². The summed E-state index contributed by atoms with van der Waals surface area (Å²) in [6.07, 6.45) is 2.31. The molecule has 0 spiro atoms. The van der Waals surface area contributed by atoms with Crippen LogP contribution < -0.4 is 5.32 Å². The minimum absolute atomic E-state index is 0.430. The number of aromatic nitrogens is 2. The van der Waals surface area contributed by atoms with Gasteiger partial charge in [-0.15, -0.1) is 0 Å². The van der Waals surface area contributed by atoms with Crippen molar-refractivity contribution < 1.29 is 0 Å². The Kier molecular flexibility index (Phi) is 4.63. The second kappa shape index (κ2) is 6.06. The average molecular weight is 264 g/mol. The van der Waals surface area contributed by atoms with Crippen LogP contribution in [0.5, 0.6) is 0 Å². The highest BCUT2D eigenvalue weighted by atomic mass is 15.3. The van der Waals surface area contributed by atoms with Gasteiger partial charge in [0.1, 0.15) is 0 Å². The zero-order valence-corrected chi connectivity index (χ0v) is 12.9. The van der Waals surface area contributed by atoms with E-state index in [1.54, 1.807) is 0 Å². The molecule has 1 aliphatic heterocycles. The molecular formula is C15H28N4. The van der Waals surface area contributed by atoms with Crippen molar-refractivity contribution >= 4 is 0 Å². The summed E-state index contributed by atoms with van der Waals surface area (Å²) in [5, 5.41) is 7.97. The number of rotatable bonds is 6. The van der Waals surface area contributed by atoms with E-state index < -0.39 is 0 Å². The van der Waals surface area contributed by atoms with Crippen molar-refractivity contribution in [3.05, 3.63) is 17.5 Å². The van der Waals surface area contributed by atoms with Gasteiger partial charge < -0.3 is 5.32 Å². The predicted molar refractivity (Wildman–Crippen MR) is 79.2 cm³/mol. The minimum Gasteiger partial charge on any atom is -0.319 e. The van der Waals surface area contributed by atoms with Crippen molar-refractivity contribution in [3.8, 4) is 0 Å². The summed E-state index contributed by atoms with van der Waals surface area (Å²) in [5.41, 5.74) is 3.02. The van der Waals surface area contributed by atoms with E-state index in [9.17, 15) is 0 Å². The largest absolute Gasteiger partial charge is 0.319 e. The molecule has 1 N–H and O–H groups in total. The standard InChI is InChI=1S/C15H28N4/c1-5-13-9-14(19(6-2)17-13)10-18-8-7-15(3,12-18)11-16-4/h9,16H,5-8,10-12H2,1-4H3. The molecule has 0 amide bonds. The van der Waals surface area contributed by atoms with Gasteiger partial charge in [0, 0.05) is 26.2 Å². The van der Waals surface area contributed by atoms with E-state index in [1.807, 2.05) is 7.05 Å². The Morgan fingerprint density at radius 3 is 2.84 bits per heavy atom. The van der Waals surface area contributed by atoms with Gasteiger partial charge in [0.2, 0.25) is 0 Å². The molecule has 0 radical (unpaired) electrons. The fraction of sp³-hybridized carbons (Fsp3) is 0.800. The first-order valence-electron chi connectivity index (χ1n) is 7.53. The van der Waals surface area contributed by atoms with E-state index in [4.69, 9.17) is 0 Å². The van der Waals surface area contributed by atoms with Crippen LogP contribution in [0, 0.1) is 5.41 Å². The number of aryl methyl sites for hydroxylation is 2. The molecule has 0 bridgehead atoms. The molecule has 4 nitrogen and oxygen atoms in total. The molecule has 2 rings (SSSR count). The third kappa shape index (κ3) is 3.37. The Hall–Kier alpha value is -0.870. The van der Waals surface area contributed by atoms with Gasteiger partial charge >= 0.3 is 0 Å². The molecule has 1 saturated heterocycles. The maximum Gasteiger partial charge on any atom is 0.0625 e. The Labute approximate surface area is 117 Å². The topological polar surface area (TPSA) is 33.1 Å². The molecule has 1 unspecified atom stereocenters. The summed E-state index contributed by atoms with van der Waals surface area (Å²) >= 11 is 0. The fourth-order valence-electron chi connectivity index (χ4n) is 3.15. The van der Waals surface area contributed by atoms with Gasteiger partial charge in [-0.1, -0.05) is 13.8 Å². The van der Waals surface area contributed by atoms with Gasteiger partial charge in [-0.05, 0) is 44.8 Å². The van der Waals surface area contributed by atoms with Gasteiger partial charge in [0.25, 0.3) is 0 Å². The molecule has 2 heterocycles. The lowest BCUT2D eigenvalue weighted by Crippen LogP contribution is -2.33. The smallest absolute Gasteiger partial charge is 0.0625 e. The molecule has 1 aromatic rings. The lowest BCUT2D eigenvalue weighted by molar-refractivity contribution is 0.260. The van der Waals surface area contributed by atoms with Crippen LogP contribution in [0.25, 0.3) is 0 Å². The minimum atomic E-state index is 0.430. The number of nitrogens with one attached hydrogen (secondary N) is 1. The Bertz CT molecular complexity index is 412. The second-order valence-electron chi connectivity index (χ2n) is 6.10.